The molecule has 4 heteroatoms. The number of aromatic nitrogens is 2. The molecule has 0 saturated carbocycles. The minimum atomic E-state index is 0.0809. The Morgan fingerprint density at radius 3 is 2.89 bits per heavy atom. The van der Waals surface area contributed by atoms with Crippen LogP contribution < -0.4 is 5.32 Å². The Kier molecular flexibility index (Phi) is 4.88. The summed E-state index contributed by atoms with van der Waals surface area (Å²) in [5.41, 5.74) is 1.15. The second-order valence-electron chi connectivity index (χ2n) is 5.40. The van der Waals surface area contributed by atoms with Crippen molar-refractivity contribution in [3.05, 3.63) is 23.8 Å². The third-order valence-electron chi connectivity index (χ3n) is 4.19. The Hall–Kier alpha value is -1.00. The summed E-state index contributed by atoms with van der Waals surface area (Å²) in [6.07, 6.45) is 6.20. The van der Waals surface area contributed by atoms with E-state index in [9.17, 15) is 0 Å². The van der Waals surface area contributed by atoms with Gasteiger partial charge in [0, 0.05) is 25.4 Å². The number of nitrogens with one attached hydrogen (secondary N) is 1. The smallest absolute Gasteiger partial charge is 0.125 e. The molecule has 0 spiro atoms. The molecule has 0 amide bonds. The lowest BCUT2D eigenvalue weighted by atomic mass is 9.86. The second kappa shape index (κ2) is 6.44. The number of rotatable bonds is 5. The van der Waals surface area contributed by atoms with Crippen LogP contribution in [0.5, 0.6) is 0 Å². The lowest BCUT2D eigenvalue weighted by molar-refractivity contribution is -0.0932. The van der Waals surface area contributed by atoms with E-state index in [0.717, 1.165) is 50.4 Å². The second-order valence-corrected chi connectivity index (χ2v) is 5.40. The molecule has 1 aliphatic rings. The molecule has 0 bridgehead atoms. The summed E-state index contributed by atoms with van der Waals surface area (Å²) in [5.74, 6) is 0.836. The number of aryl methyl sites for hydroxylation is 1. The highest BCUT2D eigenvalue weighted by Crippen LogP contribution is 2.31. The van der Waals surface area contributed by atoms with Crippen molar-refractivity contribution >= 4 is 0 Å². The first-order valence-electron chi connectivity index (χ1n) is 7.33. The molecule has 19 heavy (non-hydrogen) atoms. The van der Waals surface area contributed by atoms with Crippen LogP contribution in [0.25, 0.3) is 0 Å². The highest BCUT2D eigenvalue weighted by molar-refractivity contribution is 5.01. The van der Waals surface area contributed by atoms with Crippen LogP contribution in [0.1, 0.15) is 51.0 Å². The molecule has 0 aromatic carbocycles. The molecule has 1 saturated heterocycles. The van der Waals surface area contributed by atoms with Crippen molar-refractivity contribution in [1.29, 1.82) is 0 Å². The fraction of sp³-hybridized carbons (Fsp3) is 0.733. The number of nitrogens with zero attached hydrogens (tertiary/aromatic N) is 2. The van der Waals surface area contributed by atoms with Crippen molar-refractivity contribution in [2.75, 3.05) is 6.61 Å². The fourth-order valence-electron chi connectivity index (χ4n) is 2.80. The van der Waals surface area contributed by atoms with Crippen LogP contribution in [0.3, 0.4) is 0 Å². The fourth-order valence-corrected chi connectivity index (χ4v) is 2.80. The van der Waals surface area contributed by atoms with Gasteiger partial charge in [0.05, 0.1) is 11.3 Å². The monoisotopic (exact) mass is 263 g/mol. The number of ether oxygens (including phenoxy) is 1. The molecule has 1 unspecified atom stereocenters. The van der Waals surface area contributed by atoms with Gasteiger partial charge in [-0.3, -0.25) is 0 Å². The third kappa shape index (κ3) is 3.74. The van der Waals surface area contributed by atoms with E-state index in [1.807, 2.05) is 19.2 Å². The average Bonchev–Trinajstić information content (AvgIpc) is 2.45. The number of hydrogen-bond acceptors (Lipinski definition) is 4. The molecule has 1 aromatic rings. The van der Waals surface area contributed by atoms with Gasteiger partial charge in [-0.2, -0.15) is 0 Å². The molecule has 1 fully saturated rings. The van der Waals surface area contributed by atoms with Gasteiger partial charge in [0.1, 0.15) is 5.82 Å². The van der Waals surface area contributed by atoms with Crippen molar-refractivity contribution in [1.82, 2.24) is 15.3 Å². The predicted molar refractivity (Wildman–Crippen MR) is 75.9 cm³/mol. The summed E-state index contributed by atoms with van der Waals surface area (Å²) in [7, 11) is 0. The molecule has 0 aliphatic carbocycles. The SMILES string of the molecule is CCC1(CC)CC(NCc2ccnc(C)n2)CCO1. The van der Waals surface area contributed by atoms with Gasteiger partial charge in [-0.05, 0) is 38.7 Å². The van der Waals surface area contributed by atoms with Gasteiger partial charge < -0.3 is 10.1 Å². The molecule has 1 aromatic heterocycles. The van der Waals surface area contributed by atoms with Crippen molar-refractivity contribution < 1.29 is 4.74 Å². The standard InChI is InChI=1S/C15H25N3O/c1-4-15(5-2)10-13(7-9-19-15)17-11-14-6-8-16-12(3)18-14/h6,8,13,17H,4-5,7,9-11H2,1-3H3. The molecule has 1 aliphatic heterocycles. The lowest BCUT2D eigenvalue weighted by Gasteiger charge is -2.40. The Labute approximate surface area is 116 Å². The molecule has 0 radical (unpaired) electrons. The molecule has 1 N–H and O–H groups in total. The lowest BCUT2D eigenvalue weighted by Crippen LogP contribution is -2.46. The Balaban J connectivity index is 1.89. The summed E-state index contributed by atoms with van der Waals surface area (Å²) in [6, 6.07) is 2.51. The van der Waals surface area contributed by atoms with E-state index in [1.54, 1.807) is 0 Å². The quantitative estimate of drug-likeness (QED) is 0.887. The van der Waals surface area contributed by atoms with E-state index in [2.05, 4.69) is 29.1 Å². The maximum atomic E-state index is 6.00. The van der Waals surface area contributed by atoms with Gasteiger partial charge in [0.25, 0.3) is 0 Å². The zero-order chi connectivity index (χ0) is 13.7. The van der Waals surface area contributed by atoms with E-state index in [1.165, 1.54) is 0 Å². The molecule has 2 rings (SSSR count). The molecule has 1 atom stereocenters. The van der Waals surface area contributed by atoms with E-state index in [-0.39, 0.29) is 5.60 Å². The van der Waals surface area contributed by atoms with Crippen LogP contribution >= 0.6 is 0 Å². The first-order valence-corrected chi connectivity index (χ1v) is 7.33. The van der Waals surface area contributed by atoms with Crippen LogP contribution in [0.15, 0.2) is 12.3 Å². The van der Waals surface area contributed by atoms with Crippen LogP contribution in [-0.2, 0) is 11.3 Å². The van der Waals surface area contributed by atoms with Gasteiger partial charge in [0.15, 0.2) is 0 Å². The van der Waals surface area contributed by atoms with E-state index in [0.29, 0.717) is 6.04 Å². The van der Waals surface area contributed by atoms with Crippen LogP contribution in [0.4, 0.5) is 0 Å². The predicted octanol–water partition coefficient (Wildman–Crippen LogP) is 2.61. The van der Waals surface area contributed by atoms with Crippen molar-refractivity contribution in [3.63, 3.8) is 0 Å². The summed E-state index contributed by atoms with van der Waals surface area (Å²) in [5, 5.41) is 3.62. The minimum absolute atomic E-state index is 0.0809. The van der Waals surface area contributed by atoms with E-state index >= 15 is 0 Å². The largest absolute Gasteiger partial charge is 0.375 e. The molecule has 106 valence electrons. The van der Waals surface area contributed by atoms with Gasteiger partial charge in [0.2, 0.25) is 0 Å². The van der Waals surface area contributed by atoms with Gasteiger partial charge in [-0.25, -0.2) is 9.97 Å². The first kappa shape index (κ1) is 14.4. The van der Waals surface area contributed by atoms with E-state index in [4.69, 9.17) is 4.74 Å². The van der Waals surface area contributed by atoms with Crippen LogP contribution in [-0.4, -0.2) is 28.2 Å². The van der Waals surface area contributed by atoms with Gasteiger partial charge in [-0.15, -0.1) is 0 Å². The van der Waals surface area contributed by atoms with Gasteiger partial charge >= 0.3 is 0 Å². The maximum absolute atomic E-state index is 6.00. The zero-order valence-electron chi connectivity index (χ0n) is 12.3. The highest BCUT2D eigenvalue weighted by Gasteiger charge is 2.34. The van der Waals surface area contributed by atoms with Crippen molar-refractivity contribution in [3.8, 4) is 0 Å². The van der Waals surface area contributed by atoms with Crippen molar-refractivity contribution in [2.45, 2.75) is 64.6 Å². The molecular weight excluding hydrogens is 238 g/mol. The third-order valence-corrected chi connectivity index (χ3v) is 4.19. The number of hydrogen-bond donors (Lipinski definition) is 1. The Morgan fingerprint density at radius 2 is 2.21 bits per heavy atom. The van der Waals surface area contributed by atoms with Crippen LogP contribution in [0.2, 0.25) is 0 Å². The molecule has 2 heterocycles. The zero-order valence-corrected chi connectivity index (χ0v) is 12.3. The van der Waals surface area contributed by atoms with E-state index < -0.39 is 0 Å². The minimum Gasteiger partial charge on any atom is -0.375 e. The van der Waals surface area contributed by atoms with Gasteiger partial charge in [-0.1, -0.05) is 13.8 Å². The Bertz CT molecular complexity index is 404. The molecular formula is C15H25N3O. The molecule has 4 nitrogen and oxygen atoms in total. The average molecular weight is 263 g/mol. The highest BCUT2D eigenvalue weighted by atomic mass is 16.5. The van der Waals surface area contributed by atoms with Crippen LogP contribution in [0, 0.1) is 6.92 Å². The van der Waals surface area contributed by atoms with Crippen molar-refractivity contribution in [2.24, 2.45) is 0 Å². The topological polar surface area (TPSA) is 47.0 Å². The Morgan fingerprint density at radius 1 is 1.42 bits per heavy atom. The first-order chi connectivity index (χ1) is 9.17. The maximum Gasteiger partial charge on any atom is 0.125 e. The summed E-state index contributed by atoms with van der Waals surface area (Å²) >= 11 is 0. The summed E-state index contributed by atoms with van der Waals surface area (Å²) < 4.78 is 6.00. The summed E-state index contributed by atoms with van der Waals surface area (Å²) in [4.78, 5) is 8.55. The summed E-state index contributed by atoms with van der Waals surface area (Å²) in [6.45, 7) is 8.05. The normalized spacial score (nSPS) is 22.4.